The molecule has 176 valence electrons. The van der Waals surface area contributed by atoms with Crippen LogP contribution in [0.2, 0.25) is 0 Å². The summed E-state index contributed by atoms with van der Waals surface area (Å²) < 4.78 is 10.7. The summed E-state index contributed by atoms with van der Waals surface area (Å²) >= 11 is 0. The van der Waals surface area contributed by atoms with Gasteiger partial charge in [-0.1, -0.05) is 6.07 Å². The Morgan fingerprint density at radius 2 is 1.75 bits per heavy atom. The molecule has 0 saturated carbocycles. The van der Waals surface area contributed by atoms with Gasteiger partial charge < -0.3 is 25.0 Å². The maximum Gasteiger partial charge on any atom is 0.225 e. The van der Waals surface area contributed by atoms with Crippen LogP contribution < -0.4 is 25.0 Å². The third-order valence-electron chi connectivity index (χ3n) is 5.14. The summed E-state index contributed by atoms with van der Waals surface area (Å²) in [6.07, 6.45) is 3.59. The van der Waals surface area contributed by atoms with Crippen LogP contribution in [-0.4, -0.2) is 80.9 Å². The van der Waals surface area contributed by atoms with Crippen molar-refractivity contribution in [2.24, 2.45) is 4.99 Å². The van der Waals surface area contributed by atoms with Crippen molar-refractivity contribution in [2.75, 3.05) is 64.9 Å². The van der Waals surface area contributed by atoms with Gasteiger partial charge in [0.05, 0.1) is 20.8 Å². The van der Waals surface area contributed by atoms with E-state index in [2.05, 4.69) is 37.3 Å². The Bertz CT molecular complexity index is 830. The molecule has 9 nitrogen and oxygen atoms in total. The van der Waals surface area contributed by atoms with Gasteiger partial charge in [0.1, 0.15) is 0 Å². The Labute approximate surface area is 207 Å². The van der Waals surface area contributed by atoms with E-state index in [4.69, 9.17) is 14.5 Å². The summed E-state index contributed by atoms with van der Waals surface area (Å²) in [5.41, 5.74) is 1.06. The third-order valence-corrected chi connectivity index (χ3v) is 5.14. The van der Waals surface area contributed by atoms with Gasteiger partial charge in [-0.15, -0.1) is 24.0 Å². The molecule has 2 N–H and O–H groups in total. The van der Waals surface area contributed by atoms with Crippen LogP contribution in [-0.2, 0) is 6.54 Å². The minimum Gasteiger partial charge on any atom is -0.493 e. The van der Waals surface area contributed by atoms with Crippen LogP contribution in [0.15, 0.2) is 41.7 Å². The van der Waals surface area contributed by atoms with Crippen LogP contribution in [0.3, 0.4) is 0 Å². The van der Waals surface area contributed by atoms with E-state index >= 15 is 0 Å². The number of piperazine rings is 1. The fourth-order valence-corrected chi connectivity index (χ4v) is 3.45. The van der Waals surface area contributed by atoms with E-state index in [-0.39, 0.29) is 24.0 Å². The monoisotopic (exact) mass is 555 g/mol. The summed E-state index contributed by atoms with van der Waals surface area (Å²) in [5.74, 6) is 3.07. The molecule has 1 fully saturated rings. The van der Waals surface area contributed by atoms with E-state index in [0.29, 0.717) is 12.3 Å². The lowest BCUT2D eigenvalue weighted by Gasteiger charge is -2.34. The van der Waals surface area contributed by atoms with Gasteiger partial charge >= 0.3 is 0 Å². The van der Waals surface area contributed by atoms with Gasteiger partial charge in [0.2, 0.25) is 5.95 Å². The molecule has 1 aliphatic rings. The summed E-state index contributed by atoms with van der Waals surface area (Å²) in [6.45, 7) is 9.12. The highest BCUT2D eigenvalue weighted by atomic mass is 127. The molecule has 0 aliphatic carbocycles. The molecule has 32 heavy (non-hydrogen) atoms. The molecule has 10 heteroatoms. The van der Waals surface area contributed by atoms with Gasteiger partial charge in [0.15, 0.2) is 17.5 Å². The number of benzene rings is 1. The Balaban J connectivity index is 0.00000363. The van der Waals surface area contributed by atoms with E-state index in [1.54, 1.807) is 26.6 Å². The first-order valence-electron chi connectivity index (χ1n) is 10.7. The highest BCUT2D eigenvalue weighted by Crippen LogP contribution is 2.27. The summed E-state index contributed by atoms with van der Waals surface area (Å²) in [6, 6.07) is 7.72. The second-order valence-electron chi connectivity index (χ2n) is 7.19. The van der Waals surface area contributed by atoms with E-state index < -0.39 is 0 Å². The first-order chi connectivity index (χ1) is 15.2. The molecule has 0 unspecified atom stereocenters. The molecule has 1 aromatic carbocycles. The van der Waals surface area contributed by atoms with Crippen molar-refractivity contribution in [1.29, 1.82) is 0 Å². The number of aromatic nitrogens is 2. The number of aliphatic imine (C=N–C) groups is 1. The fourth-order valence-electron chi connectivity index (χ4n) is 3.45. The van der Waals surface area contributed by atoms with Gasteiger partial charge in [-0.25, -0.2) is 15.0 Å². The van der Waals surface area contributed by atoms with Crippen LogP contribution in [0.1, 0.15) is 12.5 Å². The van der Waals surface area contributed by atoms with Crippen molar-refractivity contribution in [3.63, 3.8) is 0 Å². The molecule has 0 amide bonds. The first kappa shape index (κ1) is 25.9. The number of guanidine groups is 1. The molecule has 3 rings (SSSR count). The zero-order valence-corrected chi connectivity index (χ0v) is 21.4. The largest absolute Gasteiger partial charge is 0.493 e. The molecule has 1 aliphatic heterocycles. The lowest BCUT2D eigenvalue weighted by Crippen LogP contribution is -2.49. The molecule has 0 atom stereocenters. The maximum absolute atomic E-state index is 5.38. The number of hydrogen-bond acceptors (Lipinski definition) is 7. The quantitative estimate of drug-likeness (QED) is 0.276. The lowest BCUT2D eigenvalue weighted by atomic mass is 10.2. The molecule has 2 aromatic rings. The number of nitrogens with zero attached hydrogens (tertiary/aromatic N) is 5. The van der Waals surface area contributed by atoms with Crippen LogP contribution in [0, 0.1) is 0 Å². The van der Waals surface area contributed by atoms with Crippen molar-refractivity contribution in [2.45, 2.75) is 13.5 Å². The fraction of sp³-hybridized carbons (Fsp3) is 0.500. The zero-order valence-electron chi connectivity index (χ0n) is 19.1. The molecule has 2 heterocycles. The Morgan fingerprint density at radius 3 is 2.41 bits per heavy atom. The maximum atomic E-state index is 5.38. The molecular formula is C22H34IN7O2. The van der Waals surface area contributed by atoms with Gasteiger partial charge in [0, 0.05) is 58.2 Å². The Hall–Kier alpha value is -2.34. The van der Waals surface area contributed by atoms with Gasteiger partial charge in [-0.05, 0) is 30.7 Å². The number of methoxy groups -OCH3 is 2. The SMILES string of the molecule is CCNC(=NCc1ccc(OC)c(OC)c1)NCCN1CCN(c2ncccn2)CC1.I. The number of ether oxygens (including phenoxy) is 2. The lowest BCUT2D eigenvalue weighted by molar-refractivity contribution is 0.260. The molecular weight excluding hydrogens is 521 g/mol. The van der Waals surface area contributed by atoms with Crippen LogP contribution in [0.25, 0.3) is 0 Å². The number of hydrogen-bond donors (Lipinski definition) is 2. The van der Waals surface area contributed by atoms with Crippen molar-refractivity contribution < 1.29 is 9.47 Å². The topological polar surface area (TPSA) is 87.1 Å². The standard InChI is InChI=1S/C22H33N7O2.HI/c1-4-23-21(27-17-18-6-7-19(30-2)20(16-18)31-3)24-10-11-28-12-14-29(15-13-28)22-25-8-5-9-26-22;/h5-9,16H,4,10-15,17H2,1-3H3,(H2,23,24,27);1H. The smallest absolute Gasteiger partial charge is 0.225 e. The predicted molar refractivity (Wildman–Crippen MR) is 138 cm³/mol. The van der Waals surface area contributed by atoms with Crippen LogP contribution >= 0.6 is 24.0 Å². The Kier molecular flexibility index (Phi) is 11.3. The van der Waals surface area contributed by atoms with E-state index in [9.17, 15) is 0 Å². The van der Waals surface area contributed by atoms with Crippen molar-refractivity contribution in [3.8, 4) is 11.5 Å². The normalized spacial score (nSPS) is 14.5. The van der Waals surface area contributed by atoms with Gasteiger partial charge in [0.25, 0.3) is 0 Å². The Morgan fingerprint density at radius 1 is 1.03 bits per heavy atom. The summed E-state index contributed by atoms with van der Waals surface area (Å²) in [7, 11) is 3.28. The highest BCUT2D eigenvalue weighted by Gasteiger charge is 2.18. The second kappa shape index (κ2) is 13.9. The van der Waals surface area contributed by atoms with Crippen molar-refractivity contribution >= 4 is 35.9 Å². The number of nitrogens with one attached hydrogen (secondary N) is 2. The highest BCUT2D eigenvalue weighted by molar-refractivity contribution is 14.0. The zero-order chi connectivity index (χ0) is 21.9. The second-order valence-corrected chi connectivity index (χ2v) is 7.19. The van der Waals surface area contributed by atoms with Crippen LogP contribution in [0.4, 0.5) is 5.95 Å². The van der Waals surface area contributed by atoms with E-state index in [0.717, 1.165) is 69.0 Å². The van der Waals surface area contributed by atoms with Gasteiger partial charge in [-0.2, -0.15) is 0 Å². The van der Waals surface area contributed by atoms with Crippen molar-refractivity contribution in [1.82, 2.24) is 25.5 Å². The van der Waals surface area contributed by atoms with Gasteiger partial charge in [-0.3, -0.25) is 4.90 Å². The summed E-state index contributed by atoms with van der Waals surface area (Å²) in [4.78, 5) is 18.1. The predicted octanol–water partition coefficient (Wildman–Crippen LogP) is 1.99. The molecule has 0 spiro atoms. The average molecular weight is 555 g/mol. The molecule has 0 radical (unpaired) electrons. The number of halogens is 1. The number of rotatable bonds is 9. The summed E-state index contributed by atoms with van der Waals surface area (Å²) in [5, 5.41) is 6.75. The molecule has 1 saturated heterocycles. The minimum atomic E-state index is 0. The van der Waals surface area contributed by atoms with E-state index in [1.165, 1.54) is 0 Å². The van der Waals surface area contributed by atoms with E-state index in [1.807, 2.05) is 24.3 Å². The first-order valence-corrected chi connectivity index (χ1v) is 10.7. The third kappa shape index (κ3) is 7.66. The van der Waals surface area contributed by atoms with Crippen molar-refractivity contribution in [3.05, 3.63) is 42.2 Å². The molecule has 0 bridgehead atoms. The van der Waals surface area contributed by atoms with Crippen LogP contribution in [0.5, 0.6) is 11.5 Å². The molecule has 1 aromatic heterocycles. The minimum absolute atomic E-state index is 0. The number of anilines is 1. The average Bonchev–Trinajstić information content (AvgIpc) is 2.83.